The van der Waals surface area contributed by atoms with Crippen molar-refractivity contribution >= 4 is 17.3 Å². The number of nitro groups is 1. The number of hydrogen-bond acceptors (Lipinski definition) is 7. The molecule has 0 aliphatic rings. The minimum Gasteiger partial charge on any atom is -0.479 e. The Balaban J connectivity index is 1.58. The Morgan fingerprint density at radius 2 is 2.14 bits per heavy atom. The van der Waals surface area contributed by atoms with E-state index in [1.165, 1.54) is 24.4 Å². The van der Waals surface area contributed by atoms with Gasteiger partial charge in [0, 0.05) is 12.7 Å². The molecule has 0 aliphatic carbocycles. The molecule has 0 radical (unpaired) electrons. The first-order chi connectivity index (χ1) is 13.6. The summed E-state index contributed by atoms with van der Waals surface area (Å²) in [5, 5.41) is 17.7. The molecule has 0 unspecified atom stereocenters. The SMILES string of the molecule is CCOCn1cc(NC(=O)c2ccc(COc3ccccc3[N+](=O)[O-])o2)cn1. The summed E-state index contributed by atoms with van der Waals surface area (Å²) in [5.41, 5.74) is 0.356. The number of nitrogens with one attached hydrogen (secondary N) is 1. The molecule has 10 heteroatoms. The molecule has 1 amide bonds. The van der Waals surface area contributed by atoms with Gasteiger partial charge in [-0.15, -0.1) is 0 Å². The number of benzene rings is 1. The number of hydrogen-bond donors (Lipinski definition) is 1. The van der Waals surface area contributed by atoms with E-state index in [0.29, 0.717) is 24.8 Å². The summed E-state index contributed by atoms with van der Waals surface area (Å²) in [4.78, 5) is 22.7. The lowest BCUT2D eigenvalue weighted by atomic mass is 10.3. The minimum absolute atomic E-state index is 0.0512. The van der Waals surface area contributed by atoms with Gasteiger partial charge in [-0.2, -0.15) is 5.10 Å². The molecule has 0 aliphatic heterocycles. The third-order valence-corrected chi connectivity index (χ3v) is 3.64. The Morgan fingerprint density at radius 3 is 2.93 bits per heavy atom. The first-order valence-electron chi connectivity index (χ1n) is 8.43. The Labute approximate surface area is 159 Å². The summed E-state index contributed by atoms with van der Waals surface area (Å²) in [6.45, 7) is 2.68. The maximum atomic E-state index is 12.3. The summed E-state index contributed by atoms with van der Waals surface area (Å²) < 4.78 is 17.7. The van der Waals surface area contributed by atoms with Gasteiger partial charge in [0.15, 0.2) is 11.5 Å². The highest BCUT2D eigenvalue weighted by atomic mass is 16.6. The molecule has 2 aromatic heterocycles. The monoisotopic (exact) mass is 386 g/mol. The van der Waals surface area contributed by atoms with E-state index >= 15 is 0 Å². The summed E-state index contributed by atoms with van der Waals surface area (Å²) in [6, 6.07) is 9.10. The van der Waals surface area contributed by atoms with E-state index in [1.54, 1.807) is 29.1 Å². The van der Waals surface area contributed by atoms with Gasteiger partial charge >= 0.3 is 5.69 Å². The summed E-state index contributed by atoms with van der Waals surface area (Å²) in [5.74, 6) is 0.110. The third-order valence-electron chi connectivity index (χ3n) is 3.64. The van der Waals surface area contributed by atoms with Crippen molar-refractivity contribution in [2.24, 2.45) is 0 Å². The van der Waals surface area contributed by atoms with Crippen LogP contribution in [0.1, 0.15) is 23.2 Å². The number of ether oxygens (including phenoxy) is 2. The van der Waals surface area contributed by atoms with Crippen LogP contribution in [0.4, 0.5) is 11.4 Å². The van der Waals surface area contributed by atoms with Crippen LogP contribution < -0.4 is 10.1 Å². The molecule has 10 nitrogen and oxygen atoms in total. The number of rotatable bonds is 9. The zero-order valence-corrected chi connectivity index (χ0v) is 15.0. The molecule has 0 bridgehead atoms. The maximum absolute atomic E-state index is 12.3. The molecule has 1 N–H and O–H groups in total. The van der Waals surface area contributed by atoms with Crippen LogP contribution in [0.25, 0.3) is 0 Å². The predicted octanol–water partition coefficient (Wildman–Crippen LogP) is 3.21. The van der Waals surface area contributed by atoms with Crippen molar-refractivity contribution in [1.29, 1.82) is 0 Å². The molecule has 1 aromatic carbocycles. The second-order valence-electron chi connectivity index (χ2n) is 5.62. The number of anilines is 1. The van der Waals surface area contributed by atoms with E-state index in [2.05, 4.69) is 10.4 Å². The van der Waals surface area contributed by atoms with Crippen LogP contribution in [0.2, 0.25) is 0 Å². The Hall–Kier alpha value is -3.66. The van der Waals surface area contributed by atoms with Crippen molar-refractivity contribution in [1.82, 2.24) is 9.78 Å². The van der Waals surface area contributed by atoms with Crippen molar-refractivity contribution in [2.45, 2.75) is 20.3 Å². The highest BCUT2D eigenvalue weighted by Gasteiger charge is 2.16. The Bertz CT molecular complexity index is 964. The average molecular weight is 386 g/mol. The fourth-order valence-electron chi connectivity index (χ4n) is 2.33. The lowest BCUT2D eigenvalue weighted by molar-refractivity contribution is -0.386. The number of aromatic nitrogens is 2. The number of para-hydroxylation sites is 2. The van der Waals surface area contributed by atoms with Gasteiger partial charge in [-0.3, -0.25) is 14.9 Å². The van der Waals surface area contributed by atoms with Crippen molar-refractivity contribution in [2.75, 3.05) is 11.9 Å². The van der Waals surface area contributed by atoms with Gasteiger partial charge in [0.1, 0.15) is 19.1 Å². The van der Waals surface area contributed by atoms with Crippen LogP contribution in [0.15, 0.2) is 53.2 Å². The van der Waals surface area contributed by atoms with Crippen LogP contribution >= 0.6 is 0 Å². The first kappa shape index (κ1) is 19.1. The third kappa shape index (κ3) is 4.74. The van der Waals surface area contributed by atoms with Gasteiger partial charge in [-0.05, 0) is 25.1 Å². The minimum atomic E-state index is -0.526. The topological polar surface area (TPSA) is 122 Å². The number of furan rings is 1. The lowest BCUT2D eigenvalue weighted by Gasteiger charge is -2.04. The van der Waals surface area contributed by atoms with Crippen LogP contribution in [-0.4, -0.2) is 27.2 Å². The smallest absolute Gasteiger partial charge is 0.310 e. The van der Waals surface area contributed by atoms with E-state index in [9.17, 15) is 14.9 Å². The maximum Gasteiger partial charge on any atom is 0.310 e. The number of carbonyl (C=O) groups is 1. The molecule has 0 saturated carbocycles. The van der Waals surface area contributed by atoms with Crippen LogP contribution in [0.3, 0.4) is 0 Å². The van der Waals surface area contributed by atoms with Crippen molar-refractivity contribution in [3.05, 3.63) is 70.4 Å². The van der Waals surface area contributed by atoms with Crippen LogP contribution in [0, 0.1) is 10.1 Å². The highest BCUT2D eigenvalue weighted by molar-refractivity contribution is 6.02. The van der Waals surface area contributed by atoms with E-state index in [1.807, 2.05) is 6.92 Å². The molecule has 146 valence electrons. The number of amides is 1. The van der Waals surface area contributed by atoms with Gasteiger partial charge < -0.3 is 19.2 Å². The van der Waals surface area contributed by atoms with E-state index in [0.717, 1.165) is 0 Å². The number of nitrogens with zero attached hydrogens (tertiary/aromatic N) is 3. The lowest BCUT2D eigenvalue weighted by Crippen LogP contribution is -2.10. The van der Waals surface area contributed by atoms with Crippen molar-refractivity contribution in [3.63, 3.8) is 0 Å². The molecular formula is C18H18N4O6. The summed E-state index contributed by atoms with van der Waals surface area (Å²) in [6.07, 6.45) is 3.13. The molecule has 0 spiro atoms. The fraction of sp³-hybridized carbons (Fsp3) is 0.222. The molecule has 0 saturated heterocycles. The van der Waals surface area contributed by atoms with Gasteiger partial charge in [0.05, 0.1) is 23.0 Å². The second kappa shape index (κ2) is 8.82. The summed E-state index contributed by atoms with van der Waals surface area (Å²) >= 11 is 0. The molecule has 3 rings (SSSR count). The first-order valence-corrected chi connectivity index (χ1v) is 8.43. The van der Waals surface area contributed by atoms with E-state index in [-0.39, 0.29) is 23.8 Å². The average Bonchev–Trinajstić information content (AvgIpc) is 3.34. The molecule has 0 atom stereocenters. The van der Waals surface area contributed by atoms with E-state index < -0.39 is 10.8 Å². The second-order valence-corrected chi connectivity index (χ2v) is 5.62. The fourth-order valence-corrected chi connectivity index (χ4v) is 2.33. The molecule has 28 heavy (non-hydrogen) atoms. The van der Waals surface area contributed by atoms with Crippen LogP contribution in [-0.2, 0) is 18.1 Å². The molecule has 2 heterocycles. The highest BCUT2D eigenvalue weighted by Crippen LogP contribution is 2.26. The Kier molecular flexibility index (Phi) is 6.02. The number of carbonyl (C=O) groups excluding carboxylic acids is 1. The van der Waals surface area contributed by atoms with Crippen molar-refractivity contribution < 1.29 is 23.6 Å². The van der Waals surface area contributed by atoms with E-state index in [4.69, 9.17) is 13.9 Å². The van der Waals surface area contributed by atoms with Gasteiger partial charge in [0.25, 0.3) is 5.91 Å². The number of nitro benzene ring substituents is 1. The van der Waals surface area contributed by atoms with Crippen LogP contribution in [0.5, 0.6) is 5.75 Å². The molecule has 3 aromatic rings. The van der Waals surface area contributed by atoms with Gasteiger partial charge in [-0.25, -0.2) is 4.68 Å². The molecular weight excluding hydrogens is 368 g/mol. The zero-order valence-electron chi connectivity index (χ0n) is 15.0. The summed E-state index contributed by atoms with van der Waals surface area (Å²) in [7, 11) is 0. The largest absolute Gasteiger partial charge is 0.479 e. The van der Waals surface area contributed by atoms with Gasteiger partial charge in [-0.1, -0.05) is 12.1 Å². The normalized spacial score (nSPS) is 10.6. The van der Waals surface area contributed by atoms with Crippen molar-refractivity contribution in [3.8, 4) is 5.75 Å². The zero-order chi connectivity index (χ0) is 19.9. The Morgan fingerprint density at radius 1 is 1.32 bits per heavy atom. The van der Waals surface area contributed by atoms with Gasteiger partial charge in [0.2, 0.25) is 0 Å². The quantitative estimate of drug-likeness (QED) is 0.442. The predicted molar refractivity (Wildman–Crippen MR) is 97.9 cm³/mol. The standard InChI is InChI=1S/C18H18N4O6/c1-2-26-12-21-10-13(9-19-21)20-18(23)17-8-7-14(28-17)11-27-16-6-4-3-5-15(16)22(24)25/h3-10H,2,11-12H2,1H3,(H,20,23). The molecule has 0 fully saturated rings.